The Morgan fingerprint density at radius 3 is 2.50 bits per heavy atom. The summed E-state index contributed by atoms with van der Waals surface area (Å²) in [7, 11) is 1.85. The van der Waals surface area contributed by atoms with Gasteiger partial charge in [-0.3, -0.25) is 0 Å². The molecule has 1 N–H and O–H groups in total. The number of aromatic nitrogens is 4. The zero-order valence-electron chi connectivity index (χ0n) is 10.9. The zero-order valence-corrected chi connectivity index (χ0v) is 10.9. The van der Waals surface area contributed by atoms with Crippen LogP contribution < -0.4 is 5.32 Å². The lowest BCUT2D eigenvalue weighted by molar-refractivity contribution is 0.456. The Bertz CT molecular complexity index is 668. The summed E-state index contributed by atoms with van der Waals surface area (Å²) in [5.74, 6) is 0.925. The number of benzene rings is 1. The van der Waals surface area contributed by atoms with Crippen LogP contribution in [0.3, 0.4) is 0 Å². The average Bonchev–Trinajstić information content (AvgIpc) is 3.00. The summed E-state index contributed by atoms with van der Waals surface area (Å²) in [5, 5.41) is 11.3. The molecule has 0 aliphatic carbocycles. The van der Waals surface area contributed by atoms with Crippen molar-refractivity contribution in [2.75, 3.05) is 7.05 Å². The highest BCUT2D eigenvalue weighted by molar-refractivity contribution is 5.48. The molecule has 1 atom stereocenters. The quantitative estimate of drug-likeness (QED) is 0.777. The predicted molar refractivity (Wildman–Crippen MR) is 72.7 cm³/mol. The molecule has 1 aromatic carbocycles. The van der Waals surface area contributed by atoms with E-state index in [-0.39, 0.29) is 6.04 Å². The topological polar surface area (TPSA) is 76.7 Å². The smallest absolute Gasteiger partial charge is 0.250 e. The highest BCUT2D eigenvalue weighted by atomic mass is 16.4. The summed E-state index contributed by atoms with van der Waals surface area (Å²) >= 11 is 0. The maximum Gasteiger partial charge on any atom is 0.250 e. The van der Waals surface area contributed by atoms with Gasteiger partial charge in [-0.05, 0) is 12.6 Å². The van der Waals surface area contributed by atoms with Crippen LogP contribution in [0.15, 0.2) is 53.5 Å². The standard InChI is InChI=1S/C14H13N5O/c1-15-12(10-5-3-2-4-6-10)14-19-18-13(20-14)11-7-16-9-17-8-11/h2-9,12,15H,1H3. The Morgan fingerprint density at radius 1 is 1.05 bits per heavy atom. The van der Waals surface area contributed by atoms with Crippen LogP contribution in [0.1, 0.15) is 17.5 Å². The van der Waals surface area contributed by atoms with Crippen molar-refractivity contribution in [3.05, 3.63) is 60.5 Å². The third-order valence-corrected chi connectivity index (χ3v) is 2.92. The van der Waals surface area contributed by atoms with Crippen molar-refractivity contribution in [1.29, 1.82) is 0 Å². The highest BCUT2D eigenvalue weighted by Gasteiger charge is 2.19. The van der Waals surface area contributed by atoms with Gasteiger partial charge in [-0.25, -0.2) is 9.97 Å². The molecule has 0 amide bonds. The first kappa shape index (κ1) is 12.4. The first-order chi connectivity index (χ1) is 9.88. The van der Waals surface area contributed by atoms with E-state index in [1.807, 2.05) is 37.4 Å². The van der Waals surface area contributed by atoms with Gasteiger partial charge in [-0.2, -0.15) is 0 Å². The van der Waals surface area contributed by atoms with Gasteiger partial charge >= 0.3 is 0 Å². The zero-order chi connectivity index (χ0) is 13.8. The first-order valence-corrected chi connectivity index (χ1v) is 6.19. The van der Waals surface area contributed by atoms with Crippen molar-refractivity contribution in [1.82, 2.24) is 25.5 Å². The molecule has 1 unspecified atom stereocenters. The summed E-state index contributed by atoms with van der Waals surface area (Å²) in [6.07, 6.45) is 4.74. The predicted octanol–water partition coefficient (Wildman–Crippen LogP) is 1.84. The van der Waals surface area contributed by atoms with Gasteiger partial charge in [0, 0.05) is 12.4 Å². The lowest BCUT2D eigenvalue weighted by Gasteiger charge is -2.11. The number of hydrogen-bond donors (Lipinski definition) is 1. The molecule has 0 saturated carbocycles. The van der Waals surface area contributed by atoms with Crippen LogP contribution in [0.5, 0.6) is 0 Å². The molecular formula is C14H13N5O. The Balaban J connectivity index is 1.93. The van der Waals surface area contributed by atoms with Gasteiger partial charge < -0.3 is 9.73 Å². The summed E-state index contributed by atoms with van der Waals surface area (Å²) < 4.78 is 5.71. The SMILES string of the molecule is CNC(c1ccccc1)c1nnc(-c2cncnc2)o1. The molecule has 0 bridgehead atoms. The normalized spacial score (nSPS) is 12.2. The van der Waals surface area contributed by atoms with Gasteiger partial charge in [0.15, 0.2) is 0 Å². The van der Waals surface area contributed by atoms with Crippen molar-refractivity contribution in [2.24, 2.45) is 0 Å². The van der Waals surface area contributed by atoms with Gasteiger partial charge in [0.2, 0.25) is 5.89 Å². The third-order valence-electron chi connectivity index (χ3n) is 2.92. The van der Waals surface area contributed by atoms with E-state index in [4.69, 9.17) is 4.42 Å². The van der Waals surface area contributed by atoms with Crippen molar-refractivity contribution in [3.8, 4) is 11.5 Å². The molecule has 0 aliphatic heterocycles. The lowest BCUT2D eigenvalue weighted by Crippen LogP contribution is -2.17. The monoisotopic (exact) mass is 267 g/mol. The van der Waals surface area contributed by atoms with Crippen LogP contribution in [0.2, 0.25) is 0 Å². The molecule has 100 valence electrons. The molecule has 2 heterocycles. The molecule has 0 fully saturated rings. The molecule has 6 nitrogen and oxygen atoms in total. The van der Waals surface area contributed by atoms with E-state index < -0.39 is 0 Å². The van der Waals surface area contributed by atoms with Crippen LogP contribution in [0.25, 0.3) is 11.5 Å². The Hall–Kier alpha value is -2.60. The van der Waals surface area contributed by atoms with Crippen LogP contribution in [-0.2, 0) is 0 Å². The van der Waals surface area contributed by atoms with Gasteiger partial charge in [0.25, 0.3) is 5.89 Å². The minimum atomic E-state index is -0.137. The highest BCUT2D eigenvalue weighted by Crippen LogP contribution is 2.23. The van der Waals surface area contributed by atoms with Crippen LogP contribution in [0.4, 0.5) is 0 Å². The molecule has 2 aromatic heterocycles. The Kier molecular flexibility index (Phi) is 3.47. The second kappa shape index (κ2) is 5.58. The van der Waals surface area contributed by atoms with Crippen LogP contribution in [-0.4, -0.2) is 27.2 Å². The second-order valence-electron chi connectivity index (χ2n) is 4.20. The number of nitrogens with zero attached hydrogens (tertiary/aromatic N) is 4. The maximum absolute atomic E-state index is 5.71. The molecule has 0 spiro atoms. The second-order valence-corrected chi connectivity index (χ2v) is 4.20. The maximum atomic E-state index is 5.71. The molecule has 0 saturated heterocycles. The van der Waals surface area contributed by atoms with Crippen molar-refractivity contribution >= 4 is 0 Å². The minimum Gasteiger partial charge on any atom is -0.418 e. The minimum absolute atomic E-state index is 0.137. The fourth-order valence-corrected chi connectivity index (χ4v) is 1.96. The van der Waals surface area contributed by atoms with Gasteiger partial charge in [-0.15, -0.1) is 10.2 Å². The number of rotatable bonds is 4. The molecule has 3 rings (SSSR count). The average molecular weight is 267 g/mol. The van der Waals surface area contributed by atoms with E-state index in [9.17, 15) is 0 Å². The van der Waals surface area contributed by atoms with E-state index >= 15 is 0 Å². The van der Waals surface area contributed by atoms with Crippen LogP contribution >= 0.6 is 0 Å². The summed E-state index contributed by atoms with van der Waals surface area (Å²) in [6.45, 7) is 0. The van der Waals surface area contributed by atoms with Crippen LogP contribution in [0, 0.1) is 0 Å². The van der Waals surface area contributed by atoms with Crippen molar-refractivity contribution < 1.29 is 4.42 Å². The third kappa shape index (κ3) is 2.41. The Morgan fingerprint density at radius 2 is 1.80 bits per heavy atom. The largest absolute Gasteiger partial charge is 0.418 e. The van der Waals surface area contributed by atoms with Crippen molar-refractivity contribution in [2.45, 2.75) is 6.04 Å². The van der Waals surface area contributed by atoms with Gasteiger partial charge in [0.05, 0.1) is 5.56 Å². The molecule has 3 aromatic rings. The molecular weight excluding hydrogens is 254 g/mol. The van der Waals surface area contributed by atoms with E-state index in [1.54, 1.807) is 12.4 Å². The van der Waals surface area contributed by atoms with E-state index in [2.05, 4.69) is 25.5 Å². The molecule has 6 heteroatoms. The van der Waals surface area contributed by atoms with Gasteiger partial charge in [0.1, 0.15) is 12.4 Å². The lowest BCUT2D eigenvalue weighted by atomic mass is 10.1. The molecule has 20 heavy (non-hydrogen) atoms. The summed E-state index contributed by atoms with van der Waals surface area (Å²) in [6, 6.07) is 9.80. The Labute approximate surface area is 115 Å². The summed E-state index contributed by atoms with van der Waals surface area (Å²) in [5.41, 5.74) is 1.77. The summed E-state index contributed by atoms with van der Waals surface area (Å²) in [4.78, 5) is 7.88. The molecule has 0 aliphatic rings. The molecule has 0 radical (unpaired) electrons. The fraction of sp³-hybridized carbons (Fsp3) is 0.143. The number of nitrogens with one attached hydrogen (secondary N) is 1. The van der Waals surface area contributed by atoms with E-state index in [0.29, 0.717) is 17.3 Å². The van der Waals surface area contributed by atoms with E-state index in [1.165, 1.54) is 6.33 Å². The van der Waals surface area contributed by atoms with Crippen molar-refractivity contribution in [3.63, 3.8) is 0 Å². The van der Waals surface area contributed by atoms with Gasteiger partial charge in [-0.1, -0.05) is 30.3 Å². The fourth-order valence-electron chi connectivity index (χ4n) is 1.96. The first-order valence-electron chi connectivity index (χ1n) is 6.19. The number of hydrogen-bond acceptors (Lipinski definition) is 6. The van der Waals surface area contributed by atoms with E-state index in [0.717, 1.165) is 5.56 Å².